The van der Waals surface area contributed by atoms with Gasteiger partial charge < -0.3 is 15.6 Å². The maximum absolute atomic E-state index is 14.4. The van der Waals surface area contributed by atoms with Gasteiger partial charge in [-0.15, -0.1) is 5.10 Å². The first kappa shape index (κ1) is 16.6. The normalized spacial score (nSPS) is 11.1. The summed E-state index contributed by atoms with van der Waals surface area (Å²) in [5, 5.41) is 6.44. The minimum absolute atomic E-state index is 0.0600. The number of fused-ring (bicyclic) bond motifs is 1. The quantitative estimate of drug-likeness (QED) is 0.528. The standard InChI is InChI=1S/C16H12F2N8O/c1-25-7-21-5-11(25)12-9(18)3-20-4-10(12)23-16(27)13-14(19)24-26-6-8(17)2-22-15(13)26/h2-7H,1H3,(H2,19,24)(H,23,27)/i13+1,16+1. The van der Waals surface area contributed by atoms with Gasteiger partial charge >= 0.3 is 0 Å². The number of pyridine rings is 1. The Morgan fingerprint density at radius 3 is 2.74 bits per heavy atom. The maximum Gasteiger partial charge on any atom is 0.263 e. The van der Waals surface area contributed by atoms with E-state index in [1.165, 1.54) is 18.7 Å². The topological polar surface area (TPSA) is 116 Å². The number of hydrogen-bond donors (Lipinski definition) is 2. The second kappa shape index (κ2) is 6.12. The Morgan fingerprint density at radius 1 is 1.19 bits per heavy atom. The molecule has 0 spiro atoms. The van der Waals surface area contributed by atoms with Gasteiger partial charge in [0.25, 0.3) is 5.91 Å². The SMILES string of the molecule is Cn1cncc1-c1c(F)cncc1N[13C](=O)[13c]1c(N)nn2cc(F)cnc12. The lowest BCUT2D eigenvalue weighted by Crippen LogP contribution is -2.15. The first-order valence-corrected chi connectivity index (χ1v) is 7.66. The minimum Gasteiger partial charge on any atom is -0.381 e. The lowest BCUT2D eigenvalue weighted by atomic mass is 10.1. The van der Waals surface area contributed by atoms with Crippen molar-refractivity contribution in [2.45, 2.75) is 0 Å². The van der Waals surface area contributed by atoms with Crippen LogP contribution in [0.5, 0.6) is 0 Å². The van der Waals surface area contributed by atoms with Crippen molar-refractivity contribution in [3.05, 3.63) is 54.5 Å². The van der Waals surface area contributed by atoms with Crippen LogP contribution in [0.4, 0.5) is 20.3 Å². The van der Waals surface area contributed by atoms with Crippen molar-refractivity contribution < 1.29 is 13.6 Å². The summed E-state index contributed by atoms with van der Waals surface area (Å²) in [6, 6.07) is 0. The summed E-state index contributed by atoms with van der Waals surface area (Å²) in [6.45, 7) is 0. The van der Waals surface area contributed by atoms with E-state index in [0.29, 0.717) is 5.69 Å². The lowest BCUT2D eigenvalue weighted by Gasteiger charge is -2.11. The number of rotatable bonds is 3. The number of aromatic nitrogens is 6. The van der Waals surface area contributed by atoms with E-state index in [1.54, 1.807) is 11.6 Å². The van der Waals surface area contributed by atoms with E-state index in [2.05, 4.69) is 25.4 Å². The third-order valence-corrected chi connectivity index (χ3v) is 3.92. The number of carbonyl (C=O) groups is 1. The lowest BCUT2D eigenvalue weighted by molar-refractivity contribution is 0.102. The minimum atomic E-state index is -0.683. The van der Waals surface area contributed by atoms with Crippen LogP contribution in [-0.2, 0) is 7.05 Å². The zero-order chi connectivity index (χ0) is 19.1. The molecule has 0 aliphatic rings. The summed E-state index contributed by atoms with van der Waals surface area (Å²) >= 11 is 0. The van der Waals surface area contributed by atoms with Crippen molar-refractivity contribution in [1.29, 1.82) is 0 Å². The van der Waals surface area contributed by atoms with Crippen molar-refractivity contribution in [3.8, 4) is 11.3 Å². The molecule has 0 aliphatic heterocycles. The number of aryl methyl sites for hydroxylation is 1. The maximum atomic E-state index is 14.4. The molecule has 0 fully saturated rings. The van der Waals surface area contributed by atoms with Gasteiger partial charge in [-0.05, 0) is 0 Å². The Balaban J connectivity index is 1.78. The van der Waals surface area contributed by atoms with Crippen molar-refractivity contribution in [1.82, 2.24) is 29.1 Å². The number of nitrogens with two attached hydrogens (primary N) is 1. The molecule has 4 rings (SSSR count). The zero-order valence-corrected chi connectivity index (χ0v) is 13.9. The number of halogens is 2. The molecule has 0 bridgehead atoms. The third-order valence-electron chi connectivity index (χ3n) is 3.92. The summed E-state index contributed by atoms with van der Waals surface area (Å²) in [4.78, 5) is 24.3. The molecule has 0 aromatic carbocycles. The predicted octanol–water partition coefficient (Wildman–Crippen LogP) is 1.64. The van der Waals surface area contributed by atoms with Gasteiger partial charge in [-0.25, -0.2) is 23.3 Å². The van der Waals surface area contributed by atoms with E-state index in [4.69, 9.17) is 5.73 Å². The van der Waals surface area contributed by atoms with E-state index in [-0.39, 0.29) is 28.3 Å². The predicted molar refractivity (Wildman–Crippen MR) is 91.7 cm³/mol. The molecule has 4 aromatic rings. The van der Waals surface area contributed by atoms with Crippen LogP contribution in [0.1, 0.15) is 10.4 Å². The van der Waals surface area contributed by atoms with Crippen LogP contribution in [0.15, 0.2) is 37.3 Å². The molecule has 4 heterocycles. The van der Waals surface area contributed by atoms with E-state index in [1.807, 2.05) is 0 Å². The Hall–Kier alpha value is -3.89. The van der Waals surface area contributed by atoms with Gasteiger partial charge in [0, 0.05) is 7.05 Å². The van der Waals surface area contributed by atoms with Crippen LogP contribution in [0.25, 0.3) is 16.9 Å². The van der Waals surface area contributed by atoms with Crippen LogP contribution in [0.3, 0.4) is 0 Å². The fourth-order valence-corrected chi connectivity index (χ4v) is 2.72. The molecule has 136 valence electrons. The molecule has 9 nitrogen and oxygen atoms in total. The van der Waals surface area contributed by atoms with E-state index in [9.17, 15) is 13.6 Å². The first-order valence-electron chi connectivity index (χ1n) is 7.66. The number of anilines is 2. The molecule has 0 saturated heterocycles. The van der Waals surface area contributed by atoms with E-state index < -0.39 is 17.5 Å². The molecule has 0 unspecified atom stereocenters. The summed E-state index contributed by atoms with van der Waals surface area (Å²) in [6.07, 6.45) is 7.28. The highest BCUT2D eigenvalue weighted by Gasteiger charge is 2.22. The second-order valence-corrected chi connectivity index (χ2v) is 5.69. The van der Waals surface area contributed by atoms with Crippen molar-refractivity contribution in [3.63, 3.8) is 0 Å². The average Bonchev–Trinajstić information content (AvgIpc) is 3.17. The highest BCUT2D eigenvalue weighted by molar-refractivity contribution is 6.12. The largest absolute Gasteiger partial charge is 0.381 e. The summed E-state index contributed by atoms with van der Waals surface area (Å²) in [5.41, 5.74) is 6.47. The molecular formula is C16H12F2N8O. The van der Waals surface area contributed by atoms with E-state index in [0.717, 1.165) is 23.1 Å². The number of imidazole rings is 1. The Bertz CT molecular complexity index is 1180. The summed E-state index contributed by atoms with van der Waals surface area (Å²) < 4.78 is 30.4. The van der Waals surface area contributed by atoms with E-state index >= 15 is 0 Å². The summed E-state index contributed by atoms with van der Waals surface area (Å²) in [7, 11) is 1.69. The van der Waals surface area contributed by atoms with Gasteiger partial charge in [0.15, 0.2) is 23.1 Å². The summed E-state index contributed by atoms with van der Waals surface area (Å²) in [5.74, 6) is -2.09. The Labute approximate surface area is 150 Å². The van der Waals surface area contributed by atoms with Crippen LogP contribution in [0.2, 0.25) is 0 Å². The number of amides is 1. The van der Waals surface area contributed by atoms with Crippen molar-refractivity contribution >= 4 is 23.1 Å². The smallest absolute Gasteiger partial charge is 0.263 e. The van der Waals surface area contributed by atoms with Crippen LogP contribution in [0, 0.1) is 11.6 Å². The van der Waals surface area contributed by atoms with Crippen LogP contribution in [-0.4, -0.2) is 35.0 Å². The second-order valence-electron chi connectivity index (χ2n) is 5.69. The number of nitrogens with one attached hydrogen (secondary N) is 1. The van der Waals surface area contributed by atoms with Crippen LogP contribution < -0.4 is 11.1 Å². The molecule has 4 aromatic heterocycles. The molecule has 0 saturated carbocycles. The molecule has 11 heteroatoms. The van der Waals surface area contributed by atoms with Gasteiger partial charge in [-0.3, -0.25) is 9.78 Å². The molecule has 3 N–H and O–H groups in total. The highest BCUT2D eigenvalue weighted by Crippen LogP contribution is 2.30. The average molecular weight is 372 g/mol. The van der Waals surface area contributed by atoms with Gasteiger partial charge in [0.2, 0.25) is 0 Å². The number of nitrogens with zero attached hydrogens (tertiary/aromatic N) is 6. The van der Waals surface area contributed by atoms with Crippen LogP contribution >= 0.6 is 0 Å². The fraction of sp³-hybridized carbons (Fsp3) is 0.0625. The van der Waals surface area contributed by atoms with Gasteiger partial charge in [0.1, 0.15) is 5.56 Å². The van der Waals surface area contributed by atoms with Gasteiger partial charge in [-0.2, -0.15) is 0 Å². The highest BCUT2D eigenvalue weighted by atomic mass is 19.1. The number of hydrogen-bond acceptors (Lipinski definition) is 6. The number of carbonyl (C=O) groups excluding carboxylic acids is 1. The molecule has 27 heavy (non-hydrogen) atoms. The molecule has 0 radical (unpaired) electrons. The molecular weight excluding hydrogens is 360 g/mol. The first-order chi connectivity index (χ1) is 13.0. The molecule has 0 atom stereocenters. The van der Waals surface area contributed by atoms with Gasteiger partial charge in [0.05, 0.1) is 54.3 Å². The number of nitrogen functional groups attached to an aromatic ring is 1. The Morgan fingerprint density at radius 2 is 2.00 bits per heavy atom. The Kier molecular flexibility index (Phi) is 3.76. The molecule has 1 amide bonds. The van der Waals surface area contributed by atoms with Gasteiger partial charge in [-0.1, -0.05) is 0 Å². The zero-order valence-electron chi connectivity index (χ0n) is 13.9. The van der Waals surface area contributed by atoms with Crippen molar-refractivity contribution in [2.75, 3.05) is 11.1 Å². The molecule has 0 aliphatic carbocycles. The monoisotopic (exact) mass is 372 g/mol. The van der Waals surface area contributed by atoms with Crippen molar-refractivity contribution in [2.24, 2.45) is 7.05 Å². The third kappa shape index (κ3) is 2.74. The fourth-order valence-electron chi connectivity index (χ4n) is 2.72.